The first-order valence-corrected chi connectivity index (χ1v) is 6.03. The van der Waals surface area contributed by atoms with E-state index in [0.717, 1.165) is 24.6 Å². The van der Waals surface area contributed by atoms with Gasteiger partial charge in [0, 0.05) is 31.0 Å². The number of rotatable bonds is 1. The van der Waals surface area contributed by atoms with E-state index in [2.05, 4.69) is 20.5 Å². The van der Waals surface area contributed by atoms with Crippen molar-refractivity contribution in [1.82, 2.24) is 25.1 Å². The van der Waals surface area contributed by atoms with Gasteiger partial charge < -0.3 is 14.9 Å². The Morgan fingerprint density at radius 3 is 3.06 bits per heavy atom. The van der Waals surface area contributed by atoms with Crippen LogP contribution in [0.1, 0.15) is 24.5 Å². The van der Waals surface area contributed by atoms with Crippen molar-refractivity contribution in [2.45, 2.75) is 26.4 Å². The van der Waals surface area contributed by atoms with Crippen LogP contribution in [0, 0.1) is 6.92 Å². The van der Waals surface area contributed by atoms with Gasteiger partial charge in [0.2, 0.25) is 0 Å². The second-order valence-corrected chi connectivity index (χ2v) is 4.60. The molecule has 3 heterocycles. The molecule has 1 aliphatic rings. The summed E-state index contributed by atoms with van der Waals surface area (Å²) in [4.78, 5) is 15.0. The molecule has 0 spiro atoms. The predicted octanol–water partition coefficient (Wildman–Crippen LogP) is 0.606. The number of aryl methyl sites for hydroxylation is 1. The van der Waals surface area contributed by atoms with Gasteiger partial charge in [-0.15, -0.1) is 10.2 Å². The van der Waals surface area contributed by atoms with Gasteiger partial charge in [0.1, 0.15) is 5.82 Å². The fraction of sp³-hybridized carbons (Fsp3) is 0.417. The SMILES string of the molecule is Cc1cc(=O)c(-c2nnc3n2CCNC3C)c[nH]1. The summed E-state index contributed by atoms with van der Waals surface area (Å²) in [5, 5.41) is 11.7. The predicted molar refractivity (Wildman–Crippen MR) is 67.2 cm³/mol. The smallest absolute Gasteiger partial charge is 0.192 e. The molecular formula is C12H15N5O. The number of aromatic nitrogens is 4. The van der Waals surface area contributed by atoms with Gasteiger partial charge in [-0.1, -0.05) is 0 Å². The summed E-state index contributed by atoms with van der Waals surface area (Å²) in [5.74, 6) is 1.54. The zero-order valence-electron chi connectivity index (χ0n) is 10.4. The van der Waals surface area contributed by atoms with Gasteiger partial charge in [-0.25, -0.2) is 0 Å². The third-order valence-electron chi connectivity index (χ3n) is 3.25. The number of H-pyrrole nitrogens is 1. The lowest BCUT2D eigenvalue weighted by Crippen LogP contribution is -2.32. The van der Waals surface area contributed by atoms with Crippen molar-refractivity contribution < 1.29 is 0 Å². The lowest BCUT2D eigenvalue weighted by molar-refractivity contribution is 0.439. The Labute approximate surface area is 104 Å². The van der Waals surface area contributed by atoms with Crippen LogP contribution in [0.3, 0.4) is 0 Å². The summed E-state index contributed by atoms with van der Waals surface area (Å²) in [6.07, 6.45) is 1.71. The van der Waals surface area contributed by atoms with E-state index in [9.17, 15) is 4.79 Å². The number of pyridine rings is 1. The molecule has 6 nitrogen and oxygen atoms in total. The van der Waals surface area contributed by atoms with Crippen LogP contribution in [-0.4, -0.2) is 26.3 Å². The van der Waals surface area contributed by atoms with Crippen LogP contribution in [0.2, 0.25) is 0 Å². The van der Waals surface area contributed by atoms with Crippen molar-refractivity contribution in [2.24, 2.45) is 0 Å². The first-order chi connectivity index (χ1) is 8.66. The van der Waals surface area contributed by atoms with Crippen LogP contribution in [0.5, 0.6) is 0 Å². The van der Waals surface area contributed by atoms with Crippen LogP contribution in [-0.2, 0) is 6.54 Å². The monoisotopic (exact) mass is 245 g/mol. The van der Waals surface area contributed by atoms with Gasteiger partial charge >= 0.3 is 0 Å². The molecule has 0 aliphatic carbocycles. The largest absolute Gasteiger partial charge is 0.364 e. The molecule has 0 radical (unpaired) electrons. The average molecular weight is 245 g/mol. The molecule has 1 aliphatic heterocycles. The van der Waals surface area contributed by atoms with E-state index in [1.165, 1.54) is 0 Å². The molecule has 2 aromatic heterocycles. The van der Waals surface area contributed by atoms with Crippen LogP contribution in [0.15, 0.2) is 17.1 Å². The first kappa shape index (κ1) is 11.2. The Morgan fingerprint density at radius 1 is 1.44 bits per heavy atom. The Kier molecular flexibility index (Phi) is 2.52. The van der Waals surface area contributed by atoms with Gasteiger partial charge in [-0.05, 0) is 13.8 Å². The van der Waals surface area contributed by atoms with Gasteiger partial charge in [0.25, 0.3) is 0 Å². The Hall–Kier alpha value is -1.95. The standard InChI is InChI=1S/C12H15N5O/c1-7-5-10(18)9(6-14-7)12-16-15-11-8(2)13-3-4-17(11)12/h5-6,8,13H,3-4H2,1-2H3,(H,14,18). The number of aromatic amines is 1. The highest BCUT2D eigenvalue weighted by Crippen LogP contribution is 2.20. The van der Waals surface area contributed by atoms with Crippen LogP contribution < -0.4 is 10.7 Å². The molecule has 0 fully saturated rings. The quantitative estimate of drug-likeness (QED) is 0.771. The van der Waals surface area contributed by atoms with Crippen molar-refractivity contribution in [2.75, 3.05) is 6.54 Å². The molecule has 3 rings (SSSR count). The molecule has 0 saturated heterocycles. The third kappa shape index (κ3) is 1.65. The van der Waals surface area contributed by atoms with Crippen LogP contribution >= 0.6 is 0 Å². The van der Waals surface area contributed by atoms with Crippen LogP contribution in [0.4, 0.5) is 0 Å². The molecule has 18 heavy (non-hydrogen) atoms. The third-order valence-corrected chi connectivity index (χ3v) is 3.25. The number of nitrogens with one attached hydrogen (secondary N) is 2. The molecule has 0 amide bonds. The number of nitrogens with zero attached hydrogens (tertiary/aromatic N) is 3. The molecule has 6 heteroatoms. The van der Waals surface area contributed by atoms with Crippen molar-refractivity contribution in [1.29, 1.82) is 0 Å². The summed E-state index contributed by atoms with van der Waals surface area (Å²) in [6, 6.07) is 1.76. The zero-order valence-corrected chi connectivity index (χ0v) is 10.4. The van der Waals surface area contributed by atoms with Gasteiger partial charge in [-0.2, -0.15) is 0 Å². The fourth-order valence-electron chi connectivity index (χ4n) is 2.29. The van der Waals surface area contributed by atoms with Gasteiger partial charge in [0.15, 0.2) is 11.3 Å². The van der Waals surface area contributed by atoms with E-state index in [0.29, 0.717) is 11.4 Å². The molecule has 0 saturated carbocycles. The fourth-order valence-corrected chi connectivity index (χ4v) is 2.29. The summed E-state index contributed by atoms with van der Waals surface area (Å²) in [6.45, 7) is 5.55. The molecular weight excluding hydrogens is 230 g/mol. The van der Waals surface area contributed by atoms with Gasteiger partial charge in [-0.3, -0.25) is 4.79 Å². The number of fused-ring (bicyclic) bond motifs is 1. The molecule has 1 atom stereocenters. The van der Waals surface area contributed by atoms with E-state index in [4.69, 9.17) is 0 Å². The molecule has 1 unspecified atom stereocenters. The Bertz CT molecular complexity index is 642. The molecule has 0 bridgehead atoms. The number of hydrogen-bond donors (Lipinski definition) is 2. The van der Waals surface area contributed by atoms with E-state index in [-0.39, 0.29) is 11.5 Å². The molecule has 0 aromatic carbocycles. The minimum atomic E-state index is -0.0207. The van der Waals surface area contributed by atoms with E-state index in [1.54, 1.807) is 12.3 Å². The van der Waals surface area contributed by atoms with E-state index < -0.39 is 0 Å². The van der Waals surface area contributed by atoms with E-state index in [1.807, 2.05) is 18.4 Å². The summed E-state index contributed by atoms with van der Waals surface area (Å²) in [7, 11) is 0. The minimum absolute atomic E-state index is 0.0207. The minimum Gasteiger partial charge on any atom is -0.364 e. The van der Waals surface area contributed by atoms with E-state index >= 15 is 0 Å². The average Bonchev–Trinajstić information content (AvgIpc) is 2.74. The lowest BCUT2D eigenvalue weighted by atomic mass is 10.2. The molecule has 2 N–H and O–H groups in total. The summed E-state index contributed by atoms with van der Waals surface area (Å²) >= 11 is 0. The second-order valence-electron chi connectivity index (χ2n) is 4.60. The highest BCUT2D eigenvalue weighted by molar-refractivity contribution is 5.54. The maximum Gasteiger partial charge on any atom is 0.192 e. The molecule has 94 valence electrons. The van der Waals surface area contributed by atoms with Gasteiger partial charge in [0.05, 0.1) is 11.6 Å². The highest BCUT2D eigenvalue weighted by atomic mass is 16.1. The highest BCUT2D eigenvalue weighted by Gasteiger charge is 2.23. The van der Waals surface area contributed by atoms with Crippen LogP contribution in [0.25, 0.3) is 11.4 Å². The first-order valence-electron chi connectivity index (χ1n) is 6.03. The van der Waals surface area contributed by atoms with Crippen molar-refractivity contribution in [3.8, 4) is 11.4 Å². The topological polar surface area (TPSA) is 75.6 Å². The summed E-state index contributed by atoms with van der Waals surface area (Å²) in [5.41, 5.74) is 1.40. The maximum absolute atomic E-state index is 12.0. The summed E-state index contributed by atoms with van der Waals surface area (Å²) < 4.78 is 2.01. The van der Waals surface area contributed by atoms with Crippen molar-refractivity contribution in [3.05, 3.63) is 34.0 Å². The Morgan fingerprint density at radius 2 is 2.28 bits per heavy atom. The maximum atomic E-state index is 12.0. The lowest BCUT2D eigenvalue weighted by Gasteiger charge is -2.21. The van der Waals surface area contributed by atoms with Crippen molar-refractivity contribution >= 4 is 0 Å². The zero-order chi connectivity index (χ0) is 12.7. The van der Waals surface area contributed by atoms with Crippen molar-refractivity contribution in [3.63, 3.8) is 0 Å². The second kappa shape index (κ2) is 4.06. The number of hydrogen-bond acceptors (Lipinski definition) is 4. The normalized spacial score (nSPS) is 18.7. The molecule has 2 aromatic rings. The Balaban J connectivity index is 2.16.